The zero-order chi connectivity index (χ0) is 17.5. The van der Waals surface area contributed by atoms with Gasteiger partial charge < -0.3 is 10.2 Å². The van der Waals surface area contributed by atoms with Gasteiger partial charge in [0.25, 0.3) is 0 Å². The van der Waals surface area contributed by atoms with Crippen molar-refractivity contribution in [3.63, 3.8) is 0 Å². The summed E-state index contributed by atoms with van der Waals surface area (Å²) in [6.45, 7) is -0.0864. The minimum absolute atomic E-state index is 0.0864. The van der Waals surface area contributed by atoms with Crippen LogP contribution in [-0.2, 0) is 9.59 Å². The quantitative estimate of drug-likeness (QED) is 0.813. The molecule has 4 nitrogen and oxygen atoms in total. The maximum absolute atomic E-state index is 12.1. The van der Waals surface area contributed by atoms with Crippen LogP contribution in [0.2, 0.25) is 10.0 Å². The number of nitrogens with zero attached hydrogens (tertiary/aromatic N) is 1. The largest absolute Gasteiger partial charge is 0.333 e. The second-order valence-corrected chi connectivity index (χ2v) is 5.89. The van der Waals surface area contributed by atoms with E-state index in [1.165, 1.54) is 11.0 Å². The number of carbonyl (C=O) groups is 2. The summed E-state index contributed by atoms with van der Waals surface area (Å²) in [6, 6.07) is 14.1. The van der Waals surface area contributed by atoms with Crippen molar-refractivity contribution in [1.82, 2.24) is 4.90 Å². The summed E-state index contributed by atoms with van der Waals surface area (Å²) in [6.07, 6.45) is 3.00. The number of para-hydroxylation sites is 1. The van der Waals surface area contributed by atoms with Gasteiger partial charge in [-0.15, -0.1) is 0 Å². The Bertz CT molecular complexity index is 775. The van der Waals surface area contributed by atoms with Gasteiger partial charge in [-0.2, -0.15) is 0 Å². The van der Waals surface area contributed by atoms with Crippen molar-refractivity contribution in [2.24, 2.45) is 0 Å². The van der Waals surface area contributed by atoms with Crippen molar-refractivity contribution in [3.8, 4) is 0 Å². The first-order valence-corrected chi connectivity index (χ1v) is 7.95. The molecule has 6 heteroatoms. The number of rotatable bonds is 5. The molecule has 0 spiro atoms. The molecule has 2 amide bonds. The Morgan fingerprint density at radius 2 is 1.67 bits per heavy atom. The van der Waals surface area contributed by atoms with E-state index in [-0.39, 0.29) is 18.4 Å². The molecule has 0 aliphatic heterocycles. The summed E-state index contributed by atoms with van der Waals surface area (Å²) < 4.78 is 0. The molecule has 0 aliphatic rings. The molecule has 2 aromatic rings. The Balaban J connectivity index is 1.93. The molecule has 0 unspecified atom stereocenters. The molecule has 2 rings (SSSR count). The predicted molar refractivity (Wildman–Crippen MR) is 98.2 cm³/mol. The van der Waals surface area contributed by atoms with Crippen LogP contribution in [0, 0.1) is 0 Å². The van der Waals surface area contributed by atoms with Crippen molar-refractivity contribution in [1.29, 1.82) is 0 Å². The first kappa shape index (κ1) is 18.0. The first-order valence-electron chi connectivity index (χ1n) is 7.19. The zero-order valence-corrected chi connectivity index (χ0v) is 14.5. The minimum Gasteiger partial charge on any atom is -0.333 e. The van der Waals surface area contributed by atoms with Crippen LogP contribution in [-0.4, -0.2) is 30.3 Å². The molecule has 24 heavy (non-hydrogen) atoms. The molecule has 0 radical (unpaired) electrons. The van der Waals surface area contributed by atoms with Crippen molar-refractivity contribution in [2.75, 3.05) is 18.9 Å². The zero-order valence-electron chi connectivity index (χ0n) is 13.0. The molecule has 2 aromatic carbocycles. The number of amides is 2. The molecule has 0 bridgehead atoms. The fraction of sp³-hybridized carbons (Fsp3) is 0.111. The smallest absolute Gasteiger partial charge is 0.246 e. The average Bonchev–Trinajstić information content (AvgIpc) is 2.56. The fourth-order valence-corrected chi connectivity index (χ4v) is 2.33. The van der Waals surface area contributed by atoms with E-state index in [1.54, 1.807) is 49.5 Å². The van der Waals surface area contributed by atoms with Gasteiger partial charge in [-0.05, 0) is 29.8 Å². The summed E-state index contributed by atoms with van der Waals surface area (Å²) >= 11 is 12.0. The Kier molecular flexibility index (Phi) is 6.41. The third-order valence-corrected chi connectivity index (χ3v) is 3.89. The lowest BCUT2D eigenvalue weighted by Gasteiger charge is -2.15. The van der Waals surface area contributed by atoms with Crippen LogP contribution < -0.4 is 5.32 Å². The summed E-state index contributed by atoms with van der Waals surface area (Å²) in [5, 5.41) is 3.67. The molecular weight excluding hydrogens is 347 g/mol. The van der Waals surface area contributed by atoms with Crippen molar-refractivity contribution in [3.05, 3.63) is 70.2 Å². The first-order chi connectivity index (χ1) is 11.5. The Labute approximate surface area is 150 Å². The van der Waals surface area contributed by atoms with Crippen LogP contribution in [0.15, 0.2) is 54.6 Å². The highest BCUT2D eigenvalue weighted by Gasteiger charge is 2.12. The van der Waals surface area contributed by atoms with E-state index in [0.29, 0.717) is 15.7 Å². The van der Waals surface area contributed by atoms with E-state index in [0.717, 1.165) is 5.56 Å². The predicted octanol–water partition coefficient (Wildman–Crippen LogP) is 4.10. The Morgan fingerprint density at radius 1 is 1.04 bits per heavy atom. The highest BCUT2D eigenvalue weighted by Crippen LogP contribution is 2.20. The van der Waals surface area contributed by atoms with Gasteiger partial charge in [0.2, 0.25) is 11.8 Å². The maximum Gasteiger partial charge on any atom is 0.246 e. The number of benzene rings is 2. The molecule has 0 aromatic heterocycles. The number of anilines is 1. The highest BCUT2D eigenvalue weighted by molar-refractivity contribution is 6.33. The lowest BCUT2D eigenvalue weighted by Crippen LogP contribution is -2.33. The van der Waals surface area contributed by atoms with Gasteiger partial charge in [-0.1, -0.05) is 53.5 Å². The summed E-state index contributed by atoms with van der Waals surface area (Å²) in [7, 11) is 1.55. The fourth-order valence-electron chi connectivity index (χ4n) is 1.94. The van der Waals surface area contributed by atoms with Crippen molar-refractivity contribution >= 4 is 46.8 Å². The van der Waals surface area contributed by atoms with Crippen molar-refractivity contribution < 1.29 is 9.59 Å². The van der Waals surface area contributed by atoms with Gasteiger partial charge in [-0.3, -0.25) is 9.59 Å². The molecule has 0 saturated heterocycles. The molecular formula is C18H16Cl2N2O2. The second kappa shape index (κ2) is 8.52. The van der Waals surface area contributed by atoms with Crippen LogP contribution in [0.5, 0.6) is 0 Å². The van der Waals surface area contributed by atoms with Gasteiger partial charge in [0.05, 0.1) is 17.3 Å². The molecule has 0 saturated carbocycles. The number of likely N-dealkylation sites (N-methyl/N-ethyl adjacent to an activating group) is 1. The minimum atomic E-state index is -0.329. The third-order valence-electron chi connectivity index (χ3n) is 3.22. The summed E-state index contributed by atoms with van der Waals surface area (Å²) in [4.78, 5) is 25.4. The maximum atomic E-state index is 12.1. The molecule has 0 aliphatic carbocycles. The monoisotopic (exact) mass is 362 g/mol. The topological polar surface area (TPSA) is 49.4 Å². The van der Waals surface area contributed by atoms with E-state index in [1.807, 2.05) is 12.1 Å². The summed E-state index contributed by atoms with van der Waals surface area (Å²) in [5.41, 5.74) is 1.25. The van der Waals surface area contributed by atoms with E-state index in [2.05, 4.69) is 5.32 Å². The molecule has 0 fully saturated rings. The molecule has 1 N–H and O–H groups in total. The molecule has 0 atom stereocenters. The van der Waals surface area contributed by atoms with Crippen LogP contribution in [0.1, 0.15) is 5.56 Å². The van der Waals surface area contributed by atoms with Crippen LogP contribution >= 0.6 is 23.2 Å². The second-order valence-electron chi connectivity index (χ2n) is 5.08. The SMILES string of the molecule is CN(CC(=O)Nc1ccccc1Cl)C(=O)/C=C/c1ccccc1Cl. The molecule has 0 heterocycles. The lowest BCUT2D eigenvalue weighted by atomic mass is 10.2. The normalized spacial score (nSPS) is 10.6. The van der Waals surface area contributed by atoms with E-state index in [4.69, 9.17) is 23.2 Å². The number of halogens is 2. The van der Waals surface area contributed by atoms with E-state index < -0.39 is 0 Å². The Morgan fingerprint density at radius 3 is 2.33 bits per heavy atom. The highest BCUT2D eigenvalue weighted by atomic mass is 35.5. The number of hydrogen-bond acceptors (Lipinski definition) is 2. The number of carbonyl (C=O) groups excluding carboxylic acids is 2. The van der Waals surface area contributed by atoms with Gasteiger partial charge in [-0.25, -0.2) is 0 Å². The lowest BCUT2D eigenvalue weighted by molar-refractivity contribution is -0.129. The van der Waals surface area contributed by atoms with Crippen LogP contribution in [0.25, 0.3) is 6.08 Å². The number of nitrogens with one attached hydrogen (secondary N) is 1. The van der Waals surface area contributed by atoms with E-state index >= 15 is 0 Å². The van der Waals surface area contributed by atoms with Gasteiger partial charge >= 0.3 is 0 Å². The van der Waals surface area contributed by atoms with Crippen LogP contribution in [0.4, 0.5) is 5.69 Å². The average molecular weight is 363 g/mol. The van der Waals surface area contributed by atoms with E-state index in [9.17, 15) is 9.59 Å². The van der Waals surface area contributed by atoms with Gasteiger partial charge in [0.1, 0.15) is 0 Å². The van der Waals surface area contributed by atoms with Gasteiger partial charge in [0, 0.05) is 18.1 Å². The number of hydrogen-bond donors (Lipinski definition) is 1. The van der Waals surface area contributed by atoms with Gasteiger partial charge in [0.15, 0.2) is 0 Å². The van der Waals surface area contributed by atoms with Crippen molar-refractivity contribution in [2.45, 2.75) is 0 Å². The standard InChI is InChI=1S/C18H16Cl2N2O2/c1-22(12-17(23)21-16-9-5-4-8-15(16)20)18(24)11-10-13-6-2-3-7-14(13)19/h2-11H,12H2,1H3,(H,21,23)/b11-10+. The molecule has 124 valence electrons. The Hall–Kier alpha value is -2.30. The van der Waals surface area contributed by atoms with Crippen LogP contribution in [0.3, 0.4) is 0 Å². The summed E-state index contributed by atoms with van der Waals surface area (Å²) in [5.74, 6) is -0.630. The third kappa shape index (κ3) is 5.11.